The highest BCUT2D eigenvalue weighted by atomic mass is 15.3. The molecule has 0 fully saturated rings. The van der Waals surface area contributed by atoms with Gasteiger partial charge in [0.25, 0.3) is 0 Å². The molecule has 0 unspecified atom stereocenters. The van der Waals surface area contributed by atoms with Crippen LogP contribution in [0.3, 0.4) is 0 Å². The van der Waals surface area contributed by atoms with E-state index in [9.17, 15) is 0 Å². The smallest absolute Gasteiger partial charge is 0.194 e. The zero-order valence-electron chi connectivity index (χ0n) is 16.7. The number of guanidine groups is 1. The van der Waals surface area contributed by atoms with Crippen LogP contribution in [0.2, 0.25) is 0 Å². The molecule has 0 aliphatic rings. The lowest BCUT2D eigenvalue weighted by atomic mass is 10.2. The Hall–Kier alpha value is -2.43. The topological polar surface area (TPSA) is 35.8 Å². The first-order valence-corrected chi connectivity index (χ1v) is 9.47. The Morgan fingerprint density at radius 1 is 1.08 bits per heavy atom. The average Bonchev–Trinajstić information content (AvgIpc) is 3.05. The summed E-state index contributed by atoms with van der Waals surface area (Å²) >= 11 is 0. The van der Waals surface area contributed by atoms with E-state index in [2.05, 4.69) is 96.4 Å². The Balaban J connectivity index is 1.78. The largest absolute Gasteiger partial charge is 0.375 e. The van der Waals surface area contributed by atoms with Crippen LogP contribution in [0.5, 0.6) is 0 Å². The van der Waals surface area contributed by atoms with Gasteiger partial charge in [-0.2, -0.15) is 0 Å². The molecule has 2 rings (SSSR count). The number of hydrogen-bond acceptors (Lipinski definition) is 2. The van der Waals surface area contributed by atoms with Crippen LogP contribution in [0.4, 0.5) is 5.69 Å². The standard InChI is InChI=1S/C21H33N5/c1-5-22-21(26(4)18-20-14-11-17-25(20)3)23-15-9-10-16-24(2)19-12-7-6-8-13-19/h6-8,11-14,17H,5,9-10,15-16,18H2,1-4H3,(H,22,23). The third-order valence-electron chi connectivity index (χ3n) is 4.51. The van der Waals surface area contributed by atoms with Crippen molar-refractivity contribution in [2.75, 3.05) is 38.6 Å². The van der Waals surface area contributed by atoms with Gasteiger partial charge in [-0.3, -0.25) is 4.99 Å². The monoisotopic (exact) mass is 355 g/mol. The zero-order valence-corrected chi connectivity index (χ0v) is 16.7. The Kier molecular flexibility index (Phi) is 8.06. The Bertz CT molecular complexity index is 662. The molecule has 2 aromatic rings. The summed E-state index contributed by atoms with van der Waals surface area (Å²) in [6, 6.07) is 14.8. The molecular formula is C21H33N5. The minimum atomic E-state index is 0.850. The van der Waals surface area contributed by atoms with Crippen molar-refractivity contribution < 1.29 is 0 Å². The molecule has 5 nitrogen and oxygen atoms in total. The lowest BCUT2D eigenvalue weighted by Gasteiger charge is -2.22. The lowest BCUT2D eigenvalue weighted by molar-refractivity contribution is 0.461. The van der Waals surface area contributed by atoms with Crippen molar-refractivity contribution in [3.05, 3.63) is 54.4 Å². The second-order valence-corrected chi connectivity index (χ2v) is 6.67. The quantitative estimate of drug-likeness (QED) is 0.426. The molecule has 0 spiro atoms. The van der Waals surface area contributed by atoms with Crippen molar-refractivity contribution in [2.45, 2.75) is 26.3 Å². The van der Waals surface area contributed by atoms with Crippen LogP contribution in [0.1, 0.15) is 25.5 Å². The summed E-state index contributed by atoms with van der Waals surface area (Å²) in [4.78, 5) is 9.29. The van der Waals surface area contributed by atoms with Gasteiger partial charge in [-0.05, 0) is 44.0 Å². The third-order valence-corrected chi connectivity index (χ3v) is 4.51. The average molecular weight is 356 g/mol. The predicted octanol–water partition coefficient (Wildman–Crippen LogP) is 3.34. The van der Waals surface area contributed by atoms with E-state index in [4.69, 9.17) is 4.99 Å². The van der Waals surface area contributed by atoms with E-state index in [-0.39, 0.29) is 0 Å². The van der Waals surface area contributed by atoms with E-state index in [0.29, 0.717) is 0 Å². The number of nitrogens with one attached hydrogen (secondary N) is 1. The van der Waals surface area contributed by atoms with Crippen LogP contribution in [-0.4, -0.2) is 49.2 Å². The molecule has 142 valence electrons. The van der Waals surface area contributed by atoms with Gasteiger partial charge in [0.15, 0.2) is 5.96 Å². The van der Waals surface area contributed by atoms with Crippen molar-refractivity contribution in [2.24, 2.45) is 12.0 Å². The number of benzene rings is 1. The fourth-order valence-corrected chi connectivity index (χ4v) is 2.91. The first-order chi connectivity index (χ1) is 12.6. The van der Waals surface area contributed by atoms with E-state index >= 15 is 0 Å². The lowest BCUT2D eigenvalue weighted by Crippen LogP contribution is -2.38. The number of hydrogen-bond donors (Lipinski definition) is 1. The highest BCUT2D eigenvalue weighted by molar-refractivity contribution is 5.79. The van der Waals surface area contributed by atoms with E-state index < -0.39 is 0 Å². The van der Waals surface area contributed by atoms with Crippen molar-refractivity contribution in [3.8, 4) is 0 Å². The summed E-state index contributed by atoms with van der Waals surface area (Å²) in [7, 11) is 6.32. The van der Waals surface area contributed by atoms with E-state index in [1.807, 2.05) is 0 Å². The van der Waals surface area contributed by atoms with Gasteiger partial charge >= 0.3 is 0 Å². The maximum absolute atomic E-state index is 4.80. The van der Waals surface area contributed by atoms with Gasteiger partial charge < -0.3 is 19.7 Å². The molecule has 0 atom stereocenters. The molecule has 1 aromatic heterocycles. The minimum Gasteiger partial charge on any atom is -0.375 e. The maximum Gasteiger partial charge on any atom is 0.194 e. The van der Waals surface area contributed by atoms with Crippen LogP contribution in [0.15, 0.2) is 53.7 Å². The molecule has 0 bridgehead atoms. The number of unbranched alkanes of at least 4 members (excludes halogenated alkanes) is 1. The van der Waals surface area contributed by atoms with Gasteiger partial charge in [0, 0.05) is 58.4 Å². The fourth-order valence-electron chi connectivity index (χ4n) is 2.91. The minimum absolute atomic E-state index is 0.850. The Labute approximate surface area is 158 Å². The Morgan fingerprint density at radius 2 is 1.85 bits per heavy atom. The molecule has 26 heavy (non-hydrogen) atoms. The third kappa shape index (κ3) is 6.14. The van der Waals surface area contributed by atoms with Gasteiger partial charge in [-0.25, -0.2) is 0 Å². The number of aliphatic imine (C=N–C) groups is 1. The number of aryl methyl sites for hydroxylation is 1. The predicted molar refractivity (Wildman–Crippen MR) is 112 cm³/mol. The number of para-hydroxylation sites is 1. The number of nitrogens with zero attached hydrogens (tertiary/aromatic N) is 4. The number of rotatable bonds is 9. The second-order valence-electron chi connectivity index (χ2n) is 6.67. The van der Waals surface area contributed by atoms with E-state index in [0.717, 1.165) is 45.0 Å². The summed E-state index contributed by atoms with van der Waals surface area (Å²) in [6.07, 6.45) is 4.30. The van der Waals surface area contributed by atoms with Crippen LogP contribution in [-0.2, 0) is 13.6 Å². The fraction of sp³-hybridized carbons (Fsp3) is 0.476. The SMILES string of the molecule is CCNC(=NCCCCN(C)c1ccccc1)N(C)Cc1cccn1C. The van der Waals surface area contributed by atoms with Crippen LogP contribution >= 0.6 is 0 Å². The highest BCUT2D eigenvalue weighted by Gasteiger charge is 2.08. The van der Waals surface area contributed by atoms with Gasteiger partial charge in [0.05, 0.1) is 6.54 Å². The molecule has 1 N–H and O–H groups in total. The summed E-state index contributed by atoms with van der Waals surface area (Å²) < 4.78 is 2.15. The van der Waals surface area contributed by atoms with Crippen molar-refractivity contribution in [3.63, 3.8) is 0 Å². The number of aromatic nitrogens is 1. The van der Waals surface area contributed by atoms with Crippen molar-refractivity contribution >= 4 is 11.6 Å². The molecule has 0 amide bonds. The van der Waals surface area contributed by atoms with Gasteiger partial charge in [-0.15, -0.1) is 0 Å². The maximum atomic E-state index is 4.80. The van der Waals surface area contributed by atoms with Crippen molar-refractivity contribution in [1.82, 2.24) is 14.8 Å². The van der Waals surface area contributed by atoms with Crippen LogP contribution in [0.25, 0.3) is 0 Å². The summed E-state index contributed by atoms with van der Waals surface area (Å²) in [5, 5.41) is 3.40. The first-order valence-electron chi connectivity index (χ1n) is 9.47. The Morgan fingerprint density at radius 3 is 2.50 bits per heavy atom. The van der Waals surface area contributed by atoms with Crippen molar-refractivity contribution in [1.29, 1.82) is 0 Å². The molecule has 0 aliphatic carbocycles. The zero-order chi connectivity index (χ0) is 18.8. The summed E-state index contributed by atoms with van der Waals surface area (Å²) in [5.41, 5.74) is 2.55. The number of anilines is 1. The molecule has 1 heterocycles. The molecule has 5 heteroatoms. The van der Waals surface area contributed by atoms with Gasteiger partial charge in [0.2, 0.25) is 0 Å². The van der Waals surface area contributed by atoms with E-state index in [1.165, 1.54) is 11.4 Å². The molecule has 0 saturated heterocycles. The summed E-state index contributed by atoms with van der Waals surface area (Å²) in [5.74, 6) is 0.977. The van der Waals surface area contributed by atoms with Gasteiger partial charge in [0.1, 0.15) is 0 Å². The first kappa shape index (κ1) is 19.9. The molecule has 1 aromatic carbocycles. The van der Waals surface area contributed by atoms with Gasteiger partial charge in [-0.1, -0.05) is 18.2 Å². The van der Waals surface area contributed by atoms with E-state index in [1.54, 1.807) is 0 Å². The molecule has 0 radical (unpaired) electrons. The summed E-state index contributed by atoms with van der Waals surface area (Å²) in [6.45, 7) is 5.75. The molecule has 0 saturated carbocycles. The normalized spacial score (nSPS) is 11.5. The molecular weight excluding hydrogens is 322 g/mol. The van der Waals surface area contributed by atoms with Crippen LogP contribution in [0, 0.1) is 0 Å². The highest BCUT2D eigenvalue weighted by Crippen LogP contribution is 2.11. The van der Waals surface area contributed by atoms with Crippen LogP contribution < -0.4 is 10.2 Å². The second kappa shape index (κ2) is 10.5. The molecule has 0 aliphatic heterocycles.